The van der Waals surface area contributed by atoms with Gasteiger partial charge in [0.05, 0.1) is 23.0 Å². The smallest absolute Gasteiger partial charge is 0.151 e. The van der Waals surface area contributed by atoms with Crippen LogP contribution < -0.4 is 5.32 Å². The van der Waals surface area contributed by atoms with Crippen molar-refractivity contribution in [2.75, 3.05) is 0 Å². The minimum absolute atomic E-state index is 0.0563. The first-order valence-corrected chi connectivity index (χ1v) is 8.61. The number of phenolic OH excluding ortho intramolecular Hbond substituents is 2. The molecule has 0 unspecified atom stereocenters. The first kappa shape index (κ1) is 15.2. The van der Waals surface area contributed by atoms with E-state index in [0.29, 0.717) is 0 Å². The Balaban J connectivity index is 1.78. The van der Waals surface area contributed by atoms with Gasteiger partial charge in [0.2, 0.25) is 0 Å². The minimum Gasteiger partial charge on any atom is -0.507 e. The van der Waals surface area contributed by atoms with Crippen molar-refractivity contribution in [1.29, 1.82) is 0 Å². The molecule has 1 saturated carbocycles. The van der Waals surface area contributed by atoms with Gasteiger partial charge in [-0.1, -0.05) is 30.7 Å². The Morgan fingerprint density at radius 1 is 0.792 bits per heavy atom. The van der Waals surface area contributed by atoms with Crippen LogP contribution in [0.1, 0.15) is 42.5 Å². The van der Waals surface area contributed by atoms with E-state index in [9.17, 15) is 15.0 Å². The van der Waals surface area contributed by atoms with Gasteiger partial charge in [0.25, 0.3) is 0 Å². The number of piperidine rings is 1. The molecule has 124 valence electrons. The maximum absolute atomic E-state index is 13.0. The first-order valence-electron chi connectivity index (χ1n) is 8.61. The molecular weight excluding hydrogens is 302 g/mol. The number of nitrogens with two attached hydrogens (primary N) is 1. The lowest BCUT2D eigenvalue weighted by atomic mass is 9.67. The number of ketones is 1. The second-order valence-corrected chi connectivity index (χ2v) is 6.91. The second-order valence-electron chi connectivity index (χ2n) is 6.91. The van der Waals surface area contributed by atoms with E-state index in [2.05, 4.69) is 5.32 Å². The highest BCUT2D eigenvalue weighted by Crippen LogP contribution is 2.44. The van der Waals surface area contributed by atoms with E-state index < -0.39 is 0 Å². The zero-order valence-corrected chi connectivity index (χ0v) is 13.4. The summed E-state index contributed by atoms with van der Waals surface area (Å²) in [4.78, 5) is 13.0. The van der Waals surface area contributed by atoms with Gasteiger partial charge in [-0.05, 0) is 37.1 Å². The Morgan fingerprint density at radius 2 is 1.25 bits per heavy atom. The average molecular weight is 324 g/mol. The summed E-state index contributed by atoms with van der Waals surface area (Å²) in [6.45, 7) is 0. The molecular formula is C20H22NO3+. The largest absolute Gasteiger partial charge is 0.507 e. The zero-order chi connectivity index (χ0) is 16.7. The molecule has 0 spiro atoms. The van der Waals surface area contributed by atoms with Crippen LogP contribution in [-0.4, -0.2) is 16.0 Å². The Bertz CT molecular complexity index is 711. The Morgan fingerprint density at radius 3 is 1.71 bits per heavy atom. The molecule has 0 radical (unpaired) electrons. The summed E-state index contributed by atoms with van der Waals surface area (Å²) in [5.74, 6) is 0.654. The van der Waals surface area contributed by atoms with E-state index in [1.54, 1.807) is 24.3 Å². The van der Waals surface area contributed by atoms with Crippen LogP contribution in [0.25, 0.3) is 0 Å². The van der Waals surface area contributed by atoms with Crippen LogP contribution in [0.4, 0.5) is 0 Å². The molecule has 0 amide bonds. The van der Waals surface area contributed by atoms with Crippen molar-refractivity contribution in [2.45, 2.75) is 31.3 Å². The first-order chi connectivity index (χ1) is 11.7. The molecule has 1 saturated heterocycles. The lowest BCUT2D eigenvalue weighted by molar-refractivity contribution is -0.750. The number of Topliss-reactive ketones (excluding diaryl/α,β-unsaturated/α-hetero) is 1. The molecule has 4 heteroatoms. The lowest BCUT2D eigenvalue weighted by Gasteiger charge is -2.42. The highest BCUT2D eigenvalue weighted by atomic mass is 16.3. The van der Waals surface area contributed by atoms with E-state index in [1.165, 1.54) is 0 Å². The van der Waals surface area contributed by atoms with Gasteiger partial charge in [-0.3, -0.25) is 4.79 Å². The number of hydrogen-bond acceptors (Lipinski definition) is 3. The number of rotatable bonds is 2. The Labute approximate surface area is 141 Å². The van der Waals surface area contributed by atoms with Crippen LogP contribution >= 0.6 is 0 Å². The fourth-order valence-electron chi connectivity index (χ4n) is 4.50. The molecule has 2 bridgehead atoms. The molecule has 1 aliphatic carbocycles. The standard InChI is InChI=1S/C20H21NO3/c22-16-10-3-1-6-12(16)18-14-8-5-9-15(20(14)24)19(21-18)13-7-2-4-11-17(13)23/h1-4,6-7,10-11,14-15,18-19,21-23H,5,8-9H2/p+1/t14-,15+,18+,19-. The molecule has 2 aromatic carbocycles. The number of carbonyl (C=O) groups is 1. The van der Waals surface area contributed by atoms with Crippen LogP contribution in [0, 0.1) is 11.8 Å². The third-order valence-corrected chi connectivity index (χ3v) is 5.63. The van der Waals surface area contributed by atoms with Gasteiger partial charge in [-0.25, -0.2) is 0 Å². The highest BCUT2D eigenvalue weighted by Gasteiger charge is 2.50. The molecule has 1 heterocycles. The van der Waals surface area contributed by atoms with Crippen molar-refractivity contribution < 1.29 is 20.3 Å². The number of hydrogen-bond donors (Lipinski definition) is 3. The number of aromatic hydroxyl groups is 2. The van der Waals surface area contributed by atoms with Crippen LogP contribution in [-0.2, 0) is 4.79 Å². The maximum Gasteiger partial charge on any atom is 0.151 e. The fraction of sp³-hybridized carbons (Fsp3) is 0.350. The van der Waals surface area contributed by atoms with Crippen molar-refractivity contribution in [3.8, 4) is 11.5 Å². The number of fused-ring (bicyclic) bond motifs is 2. The summed E-state index contributed by atoms with van der Waals surface area (Å²) in [7, 11) is 0. The van der Waals surface area contributed by atoms with Crippen LogP contribution in [0.2, 0.25) is 0 Å². The average Bonchev–Trinajstić information content (AvgIpc) is 2.57. The summed E-state index contributed by atoms with van der Waals surface area (Å²) in [5, 5.41) is 22.7. The van der Waals surface area contributed by atoms with Crippen molar-refractivity contribution in [2.24, 2.45) is 11.8 Å². The Hall–Kier alpha value is -2.33. The molecule has 4 nitrogen and oxygen atoms in total. The van der Waals surface area contributed by atoms with Crippen molar-refractivity contribution in [3.05, 3.63) is 59.7 Å². The quantitative estimate of drug-likeness (QED) is 0.794. The van der Waals surface area contributed by atoms with Crippen LogP contribution in [0.15, 0.2) is 48.5 Å². The molecule has 2 fully saturated rings. The second kappa shape index (κ2) is 5.95. The number of benzene rings is 2. The summed E-state index contributed by atoms with van der Waals surface area (Å²) >= 11 is 0. The topological polar surface area (TPSA) is 74.1 Å². The molecule has 2 aliphatic rings. The van der Waals surface area contributed by atoms with Gasteiger partial charge in [-0.2, -0.15) is 0 Å². The summed E-state index contributed by atoms with van der Waals surface area (Å²) in [6.07, 6.45) is 2.76. The van der Waals surface area contributed by atoms with Crippen molar-refractivity contribution in [3.63, 3.8) is 0 Å². The monoisotopic (exact) mass is 324 g/mol. The van der Waals surface area contributed by atoms with E-state index in [4.69, 9.17) is 0 Å². The highest BCUT2D eigenvalue weighted by molar-refractivity contribution is 5.86. The number of carbonyl (C=O) groups excluding carboxylic acids is 1. The van der Waals surface area contributed by atoms with E-state index in [1.807, 2.05) is 24.3 Å². The van der Waals surface area contributed by atoms with Gasteiger partial charge < -0.3 is 15.5 Å². The van der Waals surface area contributed by atoms with E-state index in [-0.39, 0.29) is 41.2 Å². The maximum atomic E-state index is 13.0. The van der Waals surface area contributed by atoms with E-state index >= 15 is 0 Å². The van der Waals surface area contributed by atoms with Gasteiger partial charge in [0.1, 0.15) is 23.6 Å². The van der Waals surface area contributed by atoms with Crippen LogP contribution in [0.3, 0.4) is 0 Å². The predicted molar refractivity (Wildman–Crippen MR) is 89.5 cm³/mol. The van der Waals surface area contributed by atoms with E-state index in [0.717, 1.165) is 30.4 Å². The van der Waals surface area contributed by atoms with Gasteiger partial charge in [0, 0.05) is 0 Å². The third kappa shape index (κ3) is 2.38. The SMILES string of the molecule is O=C1[C@H]2CCC[C@@H]1[C@H](c1ccccc1O)[NH2+][C@@H]2c1ccccc1O. The molecule has 2 aromatic rings. The normalized spacial score (nSPS) is 29.4. The number of quaternary nitrogens is 1. The van der Waals surface area contributed by atoms with Crippen molar-refractivity contribution in [1.82, 2.24) is 0 Å². The molecule has 1 aliphatic heterocycles. The lowest BCUT2D eigenvalue weighted by Crippen LogP contribution is -2.92. The molecule has 4 atom stereocenters. The van der Waals surface area contributed by atoms with Crippen LogP contribution in [0.5, 0.6) is 11.5 Å². The number of phenols is 2. The third-order valence-electron chi connectivity index (χ3n) is 5.63. The van der Waals surface area contributed by atoms with Crippen molar-refractivity contribution >= 4 is 5.78 Å². The summed E-state index contributed by atoms with van der Waals surface area (Å²) in [6, 6.07) is 14.4. The molecule has 0 aromatic heterocycles. The molecule has 4 N–H and O–H groups in total. The van der Waals surface area contributed by atoms with Gasteiger partial charge in [-0.15, -0.1) is 0 Å². The fourth-order valence-corrected chi connectivity index (χ4v) is 4.50. The van der Waals surface area contributed by atoms with Gasteiger partial charge >= 0.3 is 0 Å². The summed E-state index contributed by atoms with van der Waals surface area (Å²) < 4.78 is 0. The number of para-hydroxylation sites is 2. The molecule has 24 heavy (non-hydrogen) atoms. The van der Waals surface area contributed by atoms with Gasteiger partial charge in [0.15, 0.2) is 5.78 Å². The Kier molecular flexibility index (Phi) is 3.77. The predicted octanol–water partition coefficient (Wildman–Crippen LogP) is 2.44. The summed E-state index contributed by atoms with van der Waals surface area (Å²) in [5.41, 5.74) is 1.63. The molecule has 4 rings (SSSR count). The zero-order valence-electron chi connectivity index (χ0n) is 13.4. The minimum atomic E-state index is -0.0974.